The summed E-state index contributed by atoms with van der Waals surface area (Å²) in [6.07, 6.45) is 0. The van der Waals surface area contributed by atoms with E-state index >= 15 is 0 Å². The topological polar surface area (TPSA) is 46.3 Å². The van der Waals surface area contributed by atoms with Gasteiger partial charge in [-0.1, -0.05) is 29.8 Å². The molecule has 1 fully saturated rings. The Morgan fingerprint density at radius 2 is 1.85 bits per heavy atom. The minimum absolute atomic E-state index is 0.212. The number of carbonyl (C=O) groups excluding carboxylic acids is 1. The molecular formula is C15H12ClFN2O. The standard InChI is InChI=1S/C15H12ClFN2O/c16-10-6-4-9(5-7-10)14-13(18)15(20)19(14)12-3-1-2-11(17)8-12/h1-8,13-14H,18H2. The molecule has 102 valence electrons. The number of rotatable bonds is 2. The van der Waals surface area contributed by atoms with Gasteiger partial charge in [-0.05, 0) is 35.9 Å². The number of β-lactam (4-membered cyclic amide) rings is 1. The molecule has 2 atom stereocenters. The number of nitrogens with two attached hydrogens (primary N) is 1. The number of amides is 1. The number of halogens is 2. The Morgan fingerprint density at radius 1 is 1.15 bits per heavy atom. The molecule has 1 saturated heterocycles. The fourth-order valence-corrected chi connectivity index (χ4v) is 2.57. The maximum atomic E-state index is 13.3. The van der Waals surface area contributed by atoms with Crippen LogP contribution in [-0.4, -0.2) is 11.9 Å². The molecule has 20 heavy (non-hydrogen) atoms. The number of hydrogen-bond donors (Lipinski definition) is 1. The maximum Gasteiger partial charge on any atom is 0.247 e. The Balaban J connectivity index is 1.97. The minimum atomic E-state index is -0.612. The summed E-state index contributed by atoms with van der Waals surface area (Å²) >= 11 is 5.86. The summed E-state index contributed by atoms with van der Waals surface area (Å²) in [7, 11) is 0. The van der Waals surface area contributed by atoms with E-state index in [-0.39, 0.29) is 17.8 Å². The van der Waals surface area contributed by atoms with Crippen molar-refractivity contribution >= 4 is 23.2 Å². The molecule has 0 saturated carbocycles. The average molecular weight is 291 g/mol. The molecule has 5 heteroatoms. The highest BCUT2D eigenvalue weighted by molar-refractivity contribution is 6.30. The minimum Gasteiger partial charge on any atom is -0.318 e. The van der Waals surface area contributed by atoms with Crippen LogP contribution in [0.15, 0.2) is 48.5 Å². The van der Waals surface area contributed by atoms with Crippen LogP contribution in [-0.2, 0) is 4.79 Å². The Morgan fingerprint density at radius 3 is 2.50 bits per heavy atom. The van der Waals surface area contributed by atoms with E-state index in [1.165, 1.54) is 17.0 Å². The van der Waals surface area contributed by atoms with E-state index in [1.54, 1.807) is 24.3 Å². The first-order valence-corrected chi connectivity index (χ1v) is 6.55. The van der Waals surface area contributed by atoms with Gasteiger partial charge in [-0.3, -0.25) is 4.79 Å². The third-order valence-electron chi connectivity index (χ3n) is 3.44. The van der Waals surface area contributed by atoms with Gasteiger partial charge in [0, 0.05) is 10.7 Å². The quantitative estimate of drug-likeness (QED) is 0.865. The molecule has 1 aliphatic rings. The molecule has 2 N–H and O–H groups in total. The third-order valence-corrected chi connectivity index (χ3v) is 3.69. The number of anilines is 1. The Kier molecular flexibility index (Phi) is 3.20. The number of nitrogens with zero attached hydrogens (tertiary/aromatic N) is 1. The molecule has 1 aliphatic heterocycles. The van der Waals surface area contributed by atoms with Gasteiger partial charge in [0.25, 0.3) is 0 Å². The van der Waals surface area contributed by atoms with Crippen molar-refractivity contribution in [3.8, 4) is 0 Å². The SMILES string of the molecule is NC1C(=O)N(c2cccc(F)c2)C1c1ccc(Cl)cc1. The zero-order chi connectivity index (χ0) is 14.3. The zero-order valence-electron chi connectivity index (χ0n) is 10.5. The van der Waals surface area contributed by atoms with Gasteiger partial charge < -0.3 is 10.6 Å². The van der Waals surface area contributed by atoms with Gasteiger partial charge in [-0.25, -0.2) is 4.39 Å². The molecule has 3 rings (SSSR count). The monoisotopic (exact) mass is 290 g/mol. The smallest absolute Gasteiger partial charge is 0.247 e. The lowest BCUT2D eigenvalue weighted by atomic mass is 9.88. The van der Waals surface area contributed by atoms with Crippen LogP contribution in [0.1, 0.15) is 11.6 Å². The van der Waals surface area contributed by atoms with Crippen molar-refractivity contribution in [1.82, 2.24) is 0 Å². The van der Waals surface area contributed by atoms with Crippen molar-refractivity contribution < 1.29 is 9.18 Å². The molecule has 0 aliphatic carbocycles. The summed E-state index contributed by atoms with van der Waals surface area (Å²) in [5.41, 5.74) is 7.28. The van der Waals surface area contributed by atoms with Crippen LogP contribution in [0.4, 0.5) is 10.1 Å². The van der Waals surface area contributed by atoms with E-state index in [0.717, 1.165) is 5.56 Å². The highest BCUT2D eigenvalue weighted by atomic mass is 35.5. The van der Waals surface area contributed by atoms with Crippen LogP contribution in [0, 0.1) is 5.82 Å². The fraction of sp³-hybridized carbons (Fsp3) is 0.133. The molecule has 2 aromatic carbocycles. The van der Waals surface area contributed by atoms with Gasteiger partial charge in [0.2, 0.25) is 5.91 Å². The lowest BCUT2D eigenvalue weighted by Gasteiger charge is -2.45. The second-order valence-electron chi connectivity index (χ2n) is 4.71. The largest absolute Gasteiger partial charge is 0.318 e. The average Bonchev–Trinajstić information content (AvgIpc) is 2.45. The van der Waals surface area contributed by atoms with E-state index in [0.29, 0.717) is 10.7 Å². The lowest BCUT2D eigenvalue weighted by molar-refractivity contribution is -0.126. The van der Waals surface area contributed by atoms with Crippen molar-refractivity contribution in [3.05, 3.63) is 64.9 Å². The van der Waals surface area contributed by atoms with Crippen molar-refractivity contribution in [3.63, 3.8) is 0 Å². The van der Waals surface area contributed by atoms with Crippen LogP contribution in [0.25, 0.3) is 0 Å². The van der Waals surface area contributed by atoms with Gasteiger partial charge in [0.1, 0.15) is 11.9 Å². The van der Waals surface area contributed by atoms with E-state index in [1.807, 2.05) is 12.1 Å². The van der Waals surface area contributed by atoms with E-state index < -0.39 is 6.04 Å². The highest BCUT2D eigenvalue weighted by Crippen LogP contribution is 2.38. The summed E-state index contributed by atoms with van der Waals surface area (Å²) < 4.78 is 13.3. The highest BCUT2D eigenvalue weighted by Gasteiger charge is 2.46. The van der Waals surface area contributed by atoms with Gasteiger partial charge in [0.05, 0.1) is 6.04 Å². The van der Waals surface area contributed by atoms with E-state index in [4.69, 9.17) is 17.3 Å². The van der Waals surface area contributed by atoms with Crippen LogP contribution >= 0.6 is 11.6 Å². The molecule has 2 unspecified atom stereocenters. The molecule has 2 aromatic rings. The van der Waals surface area contributed by atoms with Gasteiger partial charge in [-0.15, -0.1) is 0 Å². The van der Waals surface area contributed by atoms with Gasteiger partial charge in [-0.2, -0.15) is 0 Å². The summed E-state index contributed by atoms with van der Waals surface area (Å²) in [5.74, 6) is -0.596. The van der Waals surface area contributed by atoms with Gasteiger partial charge in [0.15, 0.2) is 0 Å². The molecular weight excluding hydrogens is 279 g/mol. The first-order chi connectivity index (χ1) is 9.58. The number of benzene rings is 2. The lowest BCUT2D eigenvalue weighted by Crippen LogP contribution is -2.63. The van der Waals surface area contributed by atoms with Crippen molar-refractivity contribution in [2.45, 2.75) is 12.1 Å². The molecule has 1 heterocycles. The van der Waals surface area contributed by atoms with Crippen molar-refractivity contribution in [1.29, 1.82) is 0 Å². The van der Waals surface area contributed by atoms with E-state index in [9.17, 15) is 9.18 Å². The Labute approximate surface area is 120 Å². The zero-order valence-corrected chi connectivity index (χ0v) is 11.2. The van der Waals surface area contributed by atoms with Crippen LogP contribution < -0.4 is 10.6 Å². The molecule has 1 amide bonds. The van der Waals surface area contributed by atoms with E-state index in [2.05, 4.69) is 0 Å². The fourth-order valence-electron chi connectivity index (χ4n) is 2.44. The molecule has 0 bridgehead atoms. The second kappa shape index (κ2) is 4.89. The van der Waals surface area contributed by atoms with Crippen LogP contribution in [0.3, 0.4) is 0 Å². The molecule has 0 spiro atoms. The second-order valence-corrected chi connectivity index (χ2v) is 5.15. The summed E-state index contributed by atoms with van der Waals surface area (Å²) in [6.45, 7) is 0. The number of hydrogen-bond acceptors (Lipinski definition) is 2. The van der Waals surface area contributed by atoms with Crippen molar-refractivity contribution in [2.75, 3.05) is 4.90 Å². The summed E-state index contributed by atoms with van der Waals surface area (Å²) in [4.78, 5) is 13.5. The first kappa shape index (κ1) is 13.1. The number of carbonyl (C=O) groups is 1. The predicted octanol–water partition coefficient (Wildman–Crippen LogP) is 2.89. The normalized spacial score (nSPS) is 21.8. The van der Waals surface area contributed by atoms with Crippen LogP contribution in [0.2, 0.25) is 5.02 Å². The summed E-state index contributed by atoms with van der Waals surface area (Å²) in [5, 5.41) is 0.616. The maximum absolute atomic E-state index is 13.3. The molecule has 0 radical (unpaired) electrons. The predicted molar refractivity (Wildman–Crippen MR) is 76.1 cm³/mol. The van der Waals surface area contributed by atoms with Crippen LogP contribution in [0.5, 0.6) is 0 Å². The molecule has 0 aromatic heterocycles. The summed E-state index contributed by atoms with van der Waals surface area (Å²) in [6, 6.07) is 12.2. The first-order valence-electron chi connectivity index (χ1n) is 6.17. The van der Waals surface area contributed by atoms with Crippen molar-refractivity contribution in [2.24, 2.45) is 5.73 Å². The Hall–Kier alpha value is -1.91. The molecule has 3 nitrogen and oxygen atoms in total. The Bertz CT molecular complexity index is 659. The van der Waals surface area contributed by atoms with Gasteiger partial charge >= 0.3 is 0 Å². The third kappa shape index (κ3) is 2.07.